The first kappa shape index (κ1) is 25.0. The first-order valence-corrected chi connectivity index (χ1v) is 9.06. The molecule has 0 radical (unpaired) electrons. The fourth-order valence-electron chi connectivity index (χ4n) is 1.91. The number of esters is 1. The third-order valence-electron chi connectivity index (χ3n) is 3.35. The Hall–Kier alpha value is -0.990. The Labute approximate surface area is 157 Å². The standard InChI is InChI=1S/C19H36O7/c1-8-19(20)26-18(6)13-25-17(5)12-24-16(4)11-23-15(3)10-22-14(2)9-21-7/h8,14-18H,1,9-13H2,2-7H3. The van der Waals surface area contributed by atoms with Crippen LogP contribution in [0.2, 0.25) is 0 Å². The van der Waals surface area contributed by atoms with Crippen molar-refractivity contribution in [1.29, 1.82) is 0 Å². The van der Waals surface area contributed by atoms with Crippen LogP contribution < -0.4 is 0 Å². The van der Waals surface area contributed by atoms with Gasteiger partial charge >= 0.3 is 5.97 Å². The van der Waals surface area contributed by atoms with Crippen molar-refractivity contribution in [2.45, 2.75) is 65.1 Å². The van der Waals surface area contributed by atoms with Gasteiger partial charge in [-0.15, -0.1) is 0 Å². The van der Waals surface area contributed by atoms with Gasteiger partial charge in [-0.2, -0.15) is 0 Å². The monoisotopic (exact) mass is 376 g/mol. The quantitative estimate of drug-likeness (QED) is 0.302. The Morgan fingerprint density at radius 3 is 1.42 bits per heavy atom. The Balaban J connectivity index is 3.78. The largest absolute Gasteiger partial charge is 0.457 e. The van der Waals surface area contributed by atoms with E-state index < -0.39 is 5.97 Å². The molecule has 0 aliphatic heterocycles. The second-order valence-corrected chi connectivity index (χ2v) is 6.48. The topological polar surface area (TPSA) is 72.5 Å². The zero-order valence-corrected chi connectivity index (χ0v) is 17.1. The summed E-state index contributed by atoms with van der Waals surface area (Å²) in [7, 11) is 1.65. The van der Waals surface area contributed by atoms with Crippen molar-refractivity contribution in [2.24, 2.45) is 0 Å². The van der Waals surface area contributed by atoms with Gasteiger partial charge in [0.1, 0.15) is 6.10 Å². The second-order valence-electron chi connectivity index (χ2n) is 6.48. The molecule has 0 fully saturated rings. The molecular formula is C19H36O7. The van der Waals surface area contributed by atoms with E-state index in [1.165, 1.54) is 0 Å². The van der Waals surface area contributed by atoms with Gasteiger partial charge in [0.25, 0.3) is 0 Å². The van der Waals surface area contributed by atoms with Gasteiger partial charge in [-0.3, -0.25) is 0 Å². The smallest absolute Gasteiger partial charge is 0.330 e. The molecule has 0 bridgehead atoms. The summed E-state index contributed by atoms with van der Waals surface area (Å²) >= 11 is 0. The molecule has 0 saturated heterocycles. The summed E-state index contributed by atoms with van der Waals surface area (Å²) in [5, 5.41) is 0. The molecule has 0 heterocycles. The van der Waals surface area contributed by atoms with Crippen molar-refractivity contribution in [2.75, 3.05) is 40.1 Å². The van der Waals surface area contributed by atoms with Crippen LogP contribution in [0.3, 0.4) is 0 Å². The number of carbonyl (C=O) groups excluding carboxylic acids is 1. The first-order valence-electron chi connectivity index (χ1n) is 9.06. The molecule has 154 valence electrons. The summed E-state index contributed by atoms with van der Waals surface area (Å²) in [6.07, 6.45) is 0.661. The van der Waals surface area contributed by atoms with Crippen LogP contribution in [0.1, 0.15) is 34.6 Å². The summed E-state index contributed by atoms with van der Waals surface area (Å²) in [4.78, 5) is 11.1. The van der Waals surface area contributed by atoms with Gasteiger partial charge in [0.2, 0.25) is 0 Å². The highest BCUT2D eigenvalue weighted by atomic mass is 16.6. The van der Waals surface area contributed by atoms with Crippen molar-refractivity contribution < 1.29 is 33.2 Å². The number of rotatable bonds is 16. The maximum atomic E-state index is 11.1. The predicted octanol–water partition coefficient (Wildman–Crippen LogP) is 2.37. The average Bonchev–Trinajstić information content (AvgIpc) is 2.61. The predicted molar refractivity (Wildman–Crippen MR) is 99.3 cm³/mol. The first-order chi connectivity index (χ1) is 12.3. The molecule has 0 saturated carbocycles. The fraction of sp³-hybridized carbons (Fsp3) is 0.842. The Morgan fingerprint density at radius 2 is 1.08 bits per heavy atom. The van der Waals surface area contributed by atoms with Gasteiger partial charge < -0.3 is 28.4 Å². The summed E-state index contributed by atoms with van der Waals surface area (Å²) in [6.45, 7) is 15.2. The summed E-state index contributed by atoms with van der Waals surface area (Å²) < 4.78 is 32.7. The maximum Gasteiger partial charge on any atom is 0.330 e. The highest BCUT2D eigenvalue weighted by Gasteiger charge is 2.13. The normalized spacial score (nSPS) is 17.2. The van der Waals surface area contributed by atoms with Gasteiger partial charge in [-0.05, 0) is 34.6 Å². The molecule has 0 amide bonds. The summed E-state index contributed by atoms with van der Waals surface area (Å²) in [5.74, 6) is -0.453. The van der Waals surface area contributed by atoms with Crippen LogP contribution in [0.25, 0.3) is 0 Å². The van der Waals surface area contributed by atoms with Gasteiger partial charge in [-0.25, -0.2) is 4.79 Å². The van der Waals surface area contributed by atoms with E-state index in [-0.39, 0.29) is 30.5 Å². The highest BCUT2D eigenvalue weighted by Crippen LogP contribution is 2.03. The molecule has 0 aliphatic carbocycles. The van der Waals surface area contributed by atoms with Gasteiger partial charge in [-0.1, -0.05) is 6.58 Å². The fourth-order valence-corrected chi connectivity index (χ4v) is 1.91. The molecule has 0 aromatic rings. The van der Waals surface area contributed by atoms with Crippen LogP contribution in [0.15, 0.2) is 12.7 Å². The van der Waals surface area contributed by atoms with E-state index in [4.69, 9.17) is 28.4 Å². The van der Waals surface area contributed by atoms with Crippen molar-refractivity contribution in [3.63, 3.8) is 0 Å². The van der Waals surface area contributed by atoms with Crippen molar-refractivity contribution in [3.05, 3.63) is 12.7 Å². The molecule has 0 N–H and O–H groups in total. The van der Waals surface area contributed by atoms with Crippen LogP contribution in [-0.2, 0) is 33.2 Å². The highest BCUT2D eigenvalue weighted by molar-refractivity contribution is 5.81. The molecule has 0 rings (SSSR count). The molecule has 0 aromatic carbocycles. The van der Waals surface area contributed by atoms with E-state index in [2.05, 4.69) is 6.58 Å². The number of hydrogen-bond acceptors (Lipinski definition) is 7. The van der Waals surface area contributed by atoms with Crippen LogP contribution in [0.4, 0.5) is 0 Å². The van der Waals surface area contributed by atoms with Gasteiger partial charge in [0.05, 0.1) is 57.5 Å². The third-order valence-corrected chi connectivity index (χ3v) is 3.35. The summed E-state index contributed by atoms with van der Waals surface area (Å²) in [6, 6.07) is 0. The Morgan fingerprint density at radius 1 is 0.731 bits per heavy atom. The lowest BCUT2D eigenvalue weighted by molar-refractivity contribution is -0.147. The number of hydrogen-bond donors (Lipinski definition) is 0. The summed E-state index contributed by atoms with van der Waals surface area (Å²) in [5.41, 5.74) is 0. The number of methoxy groups -OCH3 is 1. The van der Waals surface area contributed by atoms with Crippen LogP contribution in [0.5, 0.6) is 0 Å². The van der Waals surface area contributed by atoms with Crippen molar-refractivity contribution in [1.82, 2.24) is 0 Å². The van der Waals surface area contributed by atoms with E-state index in [1.807, 2.05) is 27.7 Å². The molecule has 0 spiro atoms. The van der Waals surface area contributed by atoms with Crippen LogP contribution >= 0.6 is 0 Å². The molecule has 26 heavy (non-hydrogen) atoms. The number of ether oxygens (including phenoxy) is 6. The molecule has 5 atom stereocenters. The second kappa shape index (κ2) is 15.1. The Bertz CT molecular complexity index is 375. The SMILES string of the molecule is C=CC(=O)OC(C)COC(C)COC(C)COC(C)COC(C)COC. The van der Waals surface area contributed by atoms with E-state index in [0.717, 1.165) is 6.08 Å². The molecule has 7 heteroatoms. The van der Waals surface area contributed by atoms with Crippen LogP contribution in [0, 0.1) is 0 Å². The molecule has 7 nitrogen and oxygen atoms in total. The lowest BCUT2D eigenvalue weighted by Crippen LogP contribution is -2.29. The van der Waals surface area contributed by atoms with Gasteiger partial charge in [0, 0.05) is 13.2 Å². The minimum absolute atomic E-state index is 0.0191. The van der Waals surface area contributed by atoms with Gasteiger partial charge in [0.15, 0.2) is 0 Å². The molecule has 0 aromatic heterocycles. The zero-order chi connectivity index (χ0) is 19.9. The molecular weight excluding hydrogens is 340 g/mol. The van der Waals surface area contributed by atoms with E-state index in [9.17, 15) is 4.79 Å². The zero-order valence-electron chi connectivity index (χ0n) is 17.1. The maximum absolute atomic E-state index is 11.1. The van der Waals surface area contributed by atoms with Crippen molar-refractivity contribution in [3.8, 4) is 0 Å². The number of carbonyl (C=O) groups is 1. The van der Waals surface area contributed by atoms with E-state index in [0.29, 0.717) is 33.0 Å². The average molecular weight is 376 g/mol. The van der Waals surface area contributed by atoms with Crippen molar-refractivity contribution >= 4 is 5.97 Å². The molecule has 0 aliphatic rings. The van der Waals surface area contributed by atoms with Crippen LogP contribution in [-0.4, -0.2) is 76.6 Å². The third kappa shape index (κ3) is 14.2. The lowest BCUT2D eigenvalue weighted by Gasteiger charge is -2.21. The minimum atomic E-state index is -0.453. The van der Waals surface area contributed by atoms with E-state index >= 15 is 0 Å². The van der Waals surface area contributed by atoms with E-state index in [1.54, 1.807) is 14.0 Å². The lowest BCUT2D eigenvalue weighted by atomic mass is 10.3. The minimum Gasteiger partial charge on any atom is -0.457 e. The Kier molecular flexibility index (Phi) is 14.5. The molecule has 5 unspecified atom stereocenters.